The van der Waals surface area contributed by atoms with E-state index in [1.54, 1.807) is 62.8 Å². The Morgan fingerprint density at radius 2 is 0.635 bits per heavy atom. The van der Waals surface area contributed by atoms with Crippen molar-refractivity contribution in [1.29, 1.82) is 0 Å². The summed E-state index contributed by atoms with van der Waals surface area (Å²) in [5.74, 6) is -0.808. The zero-order valence-corrected chi connectivity index (χ0v) is 33.5. The largest absolute Gasteiger partial charge is 0.388 e. The van der Waals surface area contributed by atoms with Crippen LogP contribution in [0.3, 0.4) is 0 Å². The van der Waals surface area contributed by atoms with Crippen molar-refractivity contribution in [1.82, 2.24) is 9.80 Å². The fraction of sp³-hybridized carbons (Fsp3) is 0.333. The summed E-state index contributed by atoms with van der Waals surface area (Å²) in [7, 11) is 2.07. The standard InChI is InChI=1S/C12H13NO2.C9H7NO2.2C6H6.C5H12.C2H6O2S.C2H6O/c1-12(2,3)13-10(14)8-6-4-5-7-9(8)11(13)15;1-10-8(11)6-4-2-3-5-7(6)9(10)12;2*1-2-4-6-5-3-1;2*1-5(2,3)4;1-3-2/h4-7H,1-3H3;2-5H,1H3;2*1-6H;1-4H3;1-2H3;1-2H3. The number of nitrogens with zero attached hydrogens (tertiary/aromatic N) is 2. The van der Waals surface area contributed by atoms with Gasteiger partial charge in [0.2, 0.25) is 0 Å². The number of ether oxygens (including phenoxy) is 1. The molecule has 4 amide bonds. The van der Waals surface area contributed by atoms with Crippen molar-refractivity contribution in [2.45, 2.75) is 54.0 Å². The summed E-state index contributed by atoms with van der Waals surface area (Å²) >= 11 is 0. The van der Waals surface area contributed by atoms with Crippen LogP contribution < -0.4 is 0 Å². The Hall–Kier alpha value is -4.93. The fourth-order valence-corrected chi connectivity index (χ4v) is 3.88. The molecule has 0 fully saturated rings. The molecule has 2 heterocycles. The highest BCUT2D eigenvalue weighted by Crippen LogP contribution is 2.28. The van der Waals surface area contributed by atoms with Crippen LogP contribution in [0, 0.1) is 5.41 Å². The molecule has 0 radical (unpaired) electrons. The van der Waals surface area contributed by atoms with E-state index in [4.69, 9.17) is 0 Å². The lowest BCUT2D eigenvalue weighted by molar-refractivity contribution is 0.0506. The van der Waals surface area contributed by atoms with Gasteiger partial charge in [-0.25, -0.2) is 8.42 Å². The van der Waals surface area contributed by atoms with Gasteiger partial charge in [0.15, 0.2) is 0 Å². The zero-order chi connectivity index (χ0) is 40.1. The maximum absolute atomic E-state index is 12.0. The van der Waals surface area contributed by atoms with Gasteiger partial charge in [0.1, 0.15) is 9.84 Å². The number of sulfone groups is 1. The number of benzene rings is 4. The van der Waals surface area contributed by atoms with Crippen LogP contribution in [0.4, 0.5) is 0 Å². The summed E-state index contributed by atoms with van der Waals surface area (Å²) in [6.07, 6.45) is 2.32. The molecule has 9 nitrogen and oxygen atoms in total. The molecule has 4 aromatic carbocycles. The summed E-state index contributed by atoms with van der Waals surface area (Å²) < 4.78 is 23.5. The lowest BCUT2D eigenvalue weighted by Gasteiger charge is -2.29. The minimum absolute atomic E-state index is 0.192. The normalized spacial score (nSPS) is 12.5. The molecule has 0 bridgehead atoms. The predicted octanol–water partition coefficient (Wildman–Crippen LogP) is 8.34. The maximum Gasteiger partial charge on any atom is 0.262 e. The van der Waals surface area contributed by atoms with Gasteiger partial charge in [0.05, 0.1) is 22.3 Å². The highest BCUT2D eigenvalue weighted by atomic mass is 32.2. The number of carbonyl (C=O) groups excluding carboxylic acids is 4. The van der Waals surface area contributed by atoms with Gasteiger partial charge in [-0.3, -0.25) is 29.0 Å². The average molecular weight is 733 g/mol. The summed E-state index contributed by atoms with van der Waals surface area (Å²) in [6.45, 7) is 14.3. The number of fused-ring (bicyclic) bond motifs is 2. The van der Waals surface area contributed by atoms with Crippen molar-refractivity contribution < 1.29 is 32.3 Å². The lowest BCUT2D eigenvalue weighted by atomic mass is 10.0. The summed E-state index contributed by atoms with van der Waals surface area (Å²) in [5.41, 5.74) is 2.07. The van der Waals surface area contributed by atoms with Gasteiger partial charge < -0.3 is 4.74 Å². The maximum atomic E-state index is 12.0. The lowest BCUT2D eigenvalue weighted by Crippen LogP contribution is -2.45. The Morgan fingerprint density at radius 1 is 0.462 bits per heavy atom. The minimum Gasteiger partial charge on any atom is -0.388 e. The van der Waals surface area contributed by atoms with E-state index in [0.29, 0.717) is 27.7 Å². The van der Waals surface area contributed by atoms with Gasteiger partial charge in [0.25, 0.3) is 23.6 Å². The molecular weight excluding hydrogens is 677 g/mol. The first-order chi connectivity index (χ1) is 24.1. The van der Waals surface area contributed by atoms with E-state index >= 15 is 0 Å². The van der Waals surface area contributed by atoms with Crippen molar-refractivity contribution >= 4 is 33.5 Å². The topological polar surface area (TPSA) is 118 Å². The molecule has 0 saturated carbocycles. The Morgan fingerprint density at radius 3 is 0.808 bits per heavy atom. The van der Waals surface area contributed by atoms with Crippen molar-refractivity contribution in [3.8, 4) is 0 Å². The second-order valence-electron chi connectivity index (χ2n) is 14.2. The van der Waals surface area contributed by atoms with Crippen molar-refractivity contribution in [3.63, 3.8) is 0 Å². The Labute approximate surface area is 311 Å². The van der Waals surface area contributed by atoms with E-state index in [1.165, 1.54) is 11.9 Å². The number of hydrogen-bond donors (Lipinski definition) is 0. The Kier molecular flexibility index (Phi) is 20.6. The molecule has 52 heavy (non-hydrogen) atoms. The third-order valence-corrected chi connectivity index (χ3v) is 5.80. The average Bonchev–Trinajstić information content (AvgIpc) is 3.46. The third kappa shape index (κ3) is 19.5. The Bertz CT molecular complexity index is 1610. The van der Waals surface area contributed by atoms with E-state index in [9.17, 15) is 27.6 Å². The SMILES string of the molecule is CC(C)(C)C.CC(C)(C)N1C(=O)c2ccccc2C1=O.CN1C(=O)c2ccccc2C1=O.COC.CS(C)(=O)=O.c1ccccc1.c1ccccc1. The van der Waals surface area contributed by atoms with E-state index in [2.05, 4.69) is 32.4 Å². The van der Waals surface area contributed by atoms with Crippen LogP contribution in [-0.2, 0) is 14.6 Å². The molecule has 0 saturated heterocycles. The first-order valence-corrected chi connectivity index (χ1v) is 18.8. The predicted molar refractivity (Wildman–Crippen MR) is 211 cm³/mol. The summed E-state index contributed by atoms with van der Waals surface area (Å²) in [6, 6.07) is 37.8. The molecule has 4 aromatic rings. The van der Waals surface area contributed by atoms with Crippen LogP contribution in [0.15, 0.2) is 121 Å². The van der Waals surface area contributed by atoms with Crippen molar-refractivity contribution in [2.24, 2.45) is 5.41 Å². The van der Waals surface area contributed by atoms with Crippen molar-refractivity contribution in [2.75, 3.05) is 33.8 Å². The monoisotopic (exact) mass is 732 g/mol. The summed E-state index contributed by atoms with van der Waals surface area (Å²) in [4.78, 5) is 49.0. The van der Waals surface area contributed by atoms with Crippen LogP contribution in [0.25, 0.3) is 0 Å². The highest BCUT2D eigenvalue weighted by Gasteiger charge is 2.41. The highest BCUT2D eigenvalue weighted by molar-refractivity contribution is 7.89. The molecular formula is C42H56N2O7S. The third-order valence-electron chi connectivity index (χ3n) is 5.80. The quantitative estimate of drug-likeness (QED) is 0.167. The second kappa shape index (κ2) is 22.8. The van der Waals surface area contributed by atoms with Gasteiger partial charge >= 0.3 is 0 Å². The number of imide groups is 2. The second-order valence-corrected chi connectivity index (χ2v) is 16.5. The number of hydrogen-bond acceptors (Lipinski definition) is 7. The van der Waals surface area contributed by atoms with E-state index in [1.807, 2.05) is 93.6 Å². The van der Waals surface area contributed by atoms with Gasteiger partial charge in [-0.1, -0.05) is 125 Å². The van der Waals surface area contributed by atoms with E-state index < -0.39 is 15.4 Å². The molecule has 0 N–H and O–H groups in total. The van der Waals surface area contributed by atoms with E-state index in [0.717, 1.165) is 17.4 Å². The zero-order valence-electron chi connectivity index (χ0n) is 32.7. The first-order valence-electron chi connectivity index (χ1n) is 16.5. The van der Waals surface area contributed by atoms with Gasteiger partial charge in [-0.15, -0.1) is 0 Å². The molecule has 2 aliphatic rings. The first kappa shape index (κ1) is 47.1. The van der Waals surface area contributed by atoms with Crippen LogP contribution >= 0.6 is 0 Å². The van der Waals surface area contributed by atoms with Gasteiger partial charge in [0, 0.05) is 39.3 Å². The van der Waals surface area contributed by atoms with Gasteiger partial charge in [-0.2, -0.15) is 0 Å². The number of carbonyl (C=O) groups is 4. The molecule has 0 aliphatic carbocycles. The smallest absolute Gasteiger partial charge is 0.262 e. The summed E-state index contributed by atoms with van der Waals surface area (Å²) in [5, 5.41) is 0. The number of methoxy groups -OCH3 is 1. The molecule has 0 unspecified atom stereocenters. The van der Waals surface area contributed by atoms with E-state index in [-0.39, 0.29) is 23.6 Å². The molecule has 2 aliphatic heterocycles. The Balaban J connectivity index is 0.000000627. The molecule has 0 spiro atoms. The molecule has 6 rings (SSSR count). The molecule has 10 heteroatoms. The van der Waals surface area contributed by atoms with Crippen molar-refractivity contribution in [3.05, 3.63) is 144 Å². The molecule has 0 atom stereocenters. The number of amides is 4. The van der Waals surface area contributed by atoms with Crippen LogP contribution in [0.5, 0.6) is 0 Å². The van der Waals surface area contributed by atoms with Crippen LogP contribution in [-0.4, -0.2) is 81.2 Å². The fourth-order valence-electron chi connectivity index (χ4n) is 3.88. The van der Waals surface area contributed by atoms with Crippen LogP contribution in [0.1, 0.15) is 89.9 Å². The minimum atomic E-state index is -2.67. The molecule has 282 valence electrons. The van der Waals surface area contributed by atoms with Crippen LogP contribution in [0.2, 0.25) is 0 Å². The number of rotatable bonds is 0. The van der Waals surface area contributed by atoms with Gasteiger partial charge in [-0.05, 0) is 50.5 Å². The molecule has 0 aromatic heterocycles.